The Hall–Kier alpha value is -1.99. The molecule has 0 radical (unpaired) electrons. The van der Waals surface area contributed by atoms with Gasteiger partial charge < -0.3 is 4.84 Å². The van der Waals surface area contributed by atoms with Crippen LogP contribution in [-0.2, 0) is 9.63 Å². The fraction of sp³-hybridized carbons (Fsp3) is 0.308. The van der Waals surface area contributed by atoms with E-state index in [4.69, 9.17) is 28.0 Å². The molecule has 1 aromatic carbocycles. The Morgan fingerprint density at radius 2 is 2.09 bits per heavy atom. The Balaban J connectivity index is 2.08. The van der Waals surface area contributed by atoms with Crippen molar-refractivity contribution in [1.82, 2.24) is 0 Å². The summed E-state index contributed by atoms with van der Waals surface area (Å²) in [7, 11) is 0. The molecule has 1 aromatic rings. The lowest BCUT2D eigenvalue weighted by molar-refractivity contribution is -0.384. The van der Waals surface area contributed by atoms with Crippen molar-refractivity contribution in [3.05, 3.63) is 37.9 Å². The number of carbonyl (C=O) groups excluding carboxylic acids is 1. The van der Waals surface area contributed by atoms with Crippen molar-refractivity contribution in [2.45, 2.75) is 12.8 Å². The lowest BCUT2D eigenvalue weighted by Gasteiger charge is -2.10. The van der Waals surface area contributed by atoms with Crippen LogP contribution in [0.4, 0.5) is 5.69 Å². The first-order valence-corrected chi connectivity index (χ1v) is 7.20. The predicted octanol–water partition coefficient (Wildman–Crippen LogP) is 3.01. The number of nitrogens with zero attached hydrogens (tertiary/aromatic N) is 3. The molecule has 0 spiro atoms. The van der Waals surface area contributed by atoms with Crippen molar-refractivity contribution in [3.63, 3.8) is 0 Å². The van der Waals surface area contributed by atoms with Gasteiger partial charge in [0, 0.05) is 23.9 Å². The molecule has 2 heterocycles. The van der Waals surface area contributed by atoms with Crippen LogP contribution in [-0.4, -0.2) is 28.9 Å². The third kappa shape index (κ3) is 2.46. The predicted molar refractivity (Wildman–Crippen MR) is 80.8 cm³/mol. The summed E-state index contributed by atoms with van der Waals surface area (Å²) in [4.78, 5) is 31.3. The quantitative estimate of drug-likeness (QED) is 0.479. The maximum absolute atomic E-state index is 11.9. The van der Waals surface area contributed by atoms with Gasteiger partial charge in [-0.05, 0) is 18.9 Å². The summed E-state index contributed by atoms with van der Waals surface area (Å²) in [6, 6.07) is 2.46. The molecule has 3 rings (SSSR count). The van der Waals surface area contributed by atoms with E-state index in [1.54, 1.807) is 0 Å². The summed E-state index contributed by atoms with van der Waals surface area (Å²) in [5, 5.41) is 14.8. The normalized spacial score (nSPS) is 20.6. The second-order valence-electron chi connectivity index (χ2n) is 4.84. The molecule has 0 aromatic heterocycles. The molecular weight excluding hydrogens is 333 g/mol. The first-order valence-electron chi connectivity index (χ1n) is 6.45. The molecule has 1 atom stereocenters. The highest BCUT2D eigenvalue weighted by molar-refractivity contribution is 6.40. The summed E-state index contributed by atoms with van der Waals surface area (Å²) in [6.07, 6.45) is 1.51. The van der Waals surface area contributed by atoms with E-state index in [9.17, 15) is 14.9 Å². The molecule has 0 aliphatic carbocycles. The summed E-state index contributed by atoms with van der Waals surface area (Å²) in [6.45, 7) is 0.640. The number of aliphatic imine (C=N–C) groups is 1. The van der Waals surface area contributed by atoms with Gasteiger partial charge in [0.2, 0.25) is 0 Å². The van der Waals surface area contributed by atoms with E-state index in [0.717, 1.165) is 6.42 Å². The van der Waals surface area contributed by atoms with Gasteiger partial charge in [0.1, 0.15) is 16.7 Å². The first kappa shape index (κ1) is 14.9. The first-order chi connectivity index (χ1) is 10.5. The molecule has 0 unspecified atom stereocenters. The zero-order valence-electron chi connectivity index (χ0n) is 11.1. The average Bonchev–Trinajstić information content (AvgIpc) is 3.07. The van der Waals surface area contributed by atoms with E-state index >= 15 is 0 Å². The smallest absolute Gasteiger partial charge is 0.317 e. The van der Waals surface area contributed by atoms with Crippen LogP contribution in [0.1, 0.15) is 18.4 Å². The van der Waals surface area contributed by atoms with Gasteiger partial charge in [-0.2, -0.15) is 0 Å². The summed E-state index contributed by atoms with van der Waals surface area (Å²) >= 11 is 11.9. The molecule has 0 bridgehead atoms. The van der Waals surface area contributed by atoms with E-state index in [1.807, 2.05) is 0 Å². The Morgan fingerprint density at radius 3 is 2.73 bits per heavy atom. The monoisotopic (exact) mass is 341 g/mol. The largest absolute Gasteiger partial charge is 0.349 e. The molecule has 2 aliphatic rings. The lowest BCUT2D eigenvalue weighted by Crippen LogP contribution is -2.27. The van der Waals surface area contributed by atoms with Crippen molar-refractivity contribution in [2.24, 2.45) is 16.1 Å². The second kappa shape index (κ2) is 5.66. The number of benzene rings is 1. The maximum atomic E-state index is 11.9. The van der Waals surface area contributed by atoms with Crippen LogP contribution in [0.3, 0.4) is 0 Å². The molecule has 0 saturated carbocycles. The Labute approximate surface area is 134 Å². The van der Waals surface area contributed by atoms with Gasteiger partial charge in [-0.3, -0.25) is 15.1 Å². The number of oxime groups is 1. The third-order valence-electron chi connectivity index (χ3n) is 3.49. The van der Waals surface area contributed by atoms with Crippen molar-refractivity contribution >= 4 is 46.3 Å². The van der Waals surface area contributed by atoms with E-state index in [0.29, 0.717) is 18.7 Å². The van der Waals surface area contributed by atoms with Gasteiger partial charge >= 0.3 is 5.97 Å². The number of nitro benzene ring substituents is 1. The van der Waals surface area contributed by atoms with Gasteiger partial charge in [0.15, 0.2) is 0 Å². The number of halogens is 2. The highest BCUT2D eigenvalue weighted by Crippen LogP contribution is 2.34. The molecule has 22 heavy (non-hydrogen) atoms. The van der Waals surface area contributed by atoms with Crippen LogP contribution < -0.4 is 0 Å². The minimum absolute atomic E-state index is 0.0839. The van der Waals surface area contributed by atoms with Crippen LogP contribution in [0.2, 0.25) is 10.0 Å². The Bertz CT molecular complexity index is 745. The van der Waals surface area contributed by atoms with E-state index in [1.165, 1.54) is 12.1 Å². The number of rotatable bonds is 3. The third-order valence-corrected chi connectivity index (χ3v) is 4.11. The van der Waals surface area contributed by atoms with Crippen LogP contribution in [0.5, 0.6) is 0 Å². The van der Waals surface area contributed by atoms with Gasteiger partial charge in [-0.25, -0.2) is 4.79 Å². The molecule has 7 nitrogen and oxygen atoms in total. The number of nitro groups is 1. The highest BCUT2D eigenvalue weighted by atomic mass is 35.5. The number of carbonyl (C=O) groups is 1. The summed E-state index contributed by atoms with van der Waals surface area (Å²) < 4.78 is 0. The SMILES string of the molecule is O=C1ON=C(c2cc([N+](=O)[O-])c(Cl)cc2Cl)[C@H]1C1=NCCC1. The van der Waals surface area contributed by atoms with Gasteiger partial charge in [-0.1, -0.05) is 28.4 Å². The van der Waals surface area contributed by atoms with Gasteiger partial charge in [0.25, 0.3) is 5.69 Å². The lowest BCUT2D eigenvalue weighted by atomic mass is 9.91. The molecule has 9 heteroatoms. The zero-order valence-corrected chi connectivity index (χ0v) is 12.6. The van der Waals surface area contributed by atoms with Crippen LogP contribution in [0.25, 0.3) is 0 Å². The zero-order chi connectivity index (χ0) is 15.9. The fourth-order valence-corrected chi connectivity index (χ4v) is 3.03. The minimum Gasteiger partial charge on any atom is -0.317 e. The highest BCUT2D eigenvalue weighted by Gasteiger charge is 2.40. The molecule has 0 N–H and O–H groups in total. The van der Waals surface area contributed by atoms with Crippen LogP contribution in [0, 0.1) is 16.0 Å². The number of hydrogen-bond donors (Lipinski definition) is 0. The Morgan fingerprint density at radius 1 is 1.32 bits per heavy atom. The summed E-state index contributed by atoms with van der Waals surface area (Å²) in [5.74, 6) is -1.31. The maximum Gasteiger partial charge on any atom is 0.349 e. The summed E-state index contributed by atoms with van der Waals surface area (Å²) in [5.41, 5.74) is 0.837. The van der Waals surface area contributed by atoms with Crippen molar-refractivity contribution in [1.29, 1.82) is 0 Å². The van der Waals surface area contributed by atoms with Crippen LogP contribution >= 0.6 is 23.2 Å². The molecule has 2 aliphatic heterocycles. The second-order valence-corrected chi connectivity index (χ2v) is 5.65. The van der Waals surface area contributed by atoms with E-state index in [2.05, 4.69) is 10.1 Å². The minimum atomic E-state index is -0.763. The van der Waals surface area contributed by atoms with E-state index in [-0.39, 0.29) is 27.0 Å². The van der Waals surface area contributed by atoms with Crippen LogP contribution in [0.15, 0.2) is 22.3 Å². The van der Waals surface area contributed by atoms with Crippen molar-refractivity contribution in [3.8, 4) is 0 Å². The number of hydrogen-bond acceptors (Lipinski definition) is 6. The molecule has 0 fully saturated rings. The van der Waals surface area contributed by atoms with E-state index < -0.39 is 16.8 Å². The molecule has 0 amide bonds. The Kier molecular flexibility index (Phi) is 3.84. The van der Waals surface area contributed by atoms with Crippen molar-refractivity contribution in [2.75, 3.05) is 6.54 Å². The van der Waals surface area contributed by atoms with Crippen molar-refractivity contribution < 1.29 is 14.6 Å². The van der Waals surface area contributed by atoms with Gasteiger partial charge in [0.05, 0.1) is 9.95 Å². The topological polar surface area (TPSA) is 94.2 Å². The molecular formula is C13H9Cl2N3O4. The molecule has 0 saturated heterocycles. The van der Waals surface area contributed by atoms with Gasteiger partial charge in [-0.15, -0.1) is 0 Å². The fourth-order valence-electron chi connectivity index (χ4n) is 2.48. The average molecular weight is 342 g/mol. The standard InChI is InChI=1S/C13H9Cl2N3O4/c14-7-5-8(15)10(18(20)21)4-6(7)12-11(13(19)22-17-12)9-2-1-3-16-9/h4-5,11H,1-3H2/t11-/m1/s1. The molecule has 114 valence electrons.